The Morgan fingerprint density at radius 3 is 2.41 bits per heavy atom. The molecular formula is C26H34N5O2S+. The van der Waals surface area contributed by atoms with Crippen molar-refractivity contribution in [1.82, 2.24) is 14.3 Å². The molecule has 1 saturated heterocycles. The zero-order valence-corrected chi connectivity index (χ0v) is 20.6. The number of methoxy groups -OCH3 is 1. The first kappa shape index (κ1) is 22.9. The molecule has 8 heteroatoms. The van der Waals surface area contributed by atoms with Gasteiger partial charge in [0.25, 0.3) is 0 Å². The van der Waals surface area contributed by atoms with E-state index in [-0.39, 0.29) is 0 Å². The molecule has 180 valence electrons. The summed E-state index contributed by atoms with van der Waals surface area (Å²) >= 11 is 6.01. The van der Waals surface area contributed by atoms with Crippen LogP contribution in [-0.2, 0) is 6.67 Å². The maximum atomic E-state index is 10.2. The molecule has 1 aliphatic carbocycles. The van der Waals surface area contributed by atoms with Crippen molar-refractivity contribution in [1.29, 1.82) is 0 Å². The number of nitrogens with one attached hydrogen (secondary N) is 1. The lowest BCUT2D eigenvalue weighted by atomic mass is 9.95. The van der Waals surface area contributed by atoms with E-state index in [0.29, 0.717) is 11.8 Å². The molecule has 0 unspecified atom stereocenters. The highest BCUT2D eigenvalue weighted by molar-refractivity contribution is 7.71. The van der Waals surface area contributed by atoms with E-state index in [1.54, 1.807) is 13.2 Å². The third kappa shape index (κ3) is 4.70. The fourth-order valence-electron chi connectivity index (χ4n) is 5.29. The number of ether oxygens (including phenoxy) is 1. The fourth-order valence-corrected chi connectivity index (χ4v) is 5.63. The summed E-state index contributed by atoms with van der Waals surface area (Å²) in [4.78, 5) is 3.72. The van der Waals surface area contributed by atoms with Gasteiger partial charge in [0.1, 0.15) is 11.5 Å². The van der Waals surface area contributed by atoms with Crippen LogP contribution in [0.5, 0.6) is 11.5 Å². The smallest absolute Gasteiger partial charge is 0.203 e. The second-order valence-corrected chi connectivity index (χ2v) is 9.75. The molecular weight excluding hydrogens is 446 g/mol. The Balaban J connectivity index is 1.37. The minimum Gasteiger partial charge on any atom is -0.506 e. The number of hydrogen-bond acceptors (Lipinski definition) is 5. The van der Waals surface area contributed by atoms with E-state index in [9.17, 15) is 5.11 Å². The minimum atomic E-state index is 0.350. The number of nitrogens with zero attached hydrogens (tertiary/aromatic N) is 4. The number of hydrogen-bond donors (Lipinski definition) is 2. The molecule has 0 atom stereocenters. The van der Waals surface area contributed by atoms with Gasteiger partial charge in [-0.2, -0.15) is 4.68 Å². The van der Waals surface area contributed by atoms with Crippen LogP contribution in [0.2, 0.25) is 0 Å². The normalized spacial score (nSPS) is 17.7. The Morgan fingerprint density at radius 2 is 1.74 bits per heavy atom. The van der Waals surface area contributed by atoms with Gasteiger partial charge in [-0.05, 0) is 61.5 Å². The summed E-state index contributed by atoms with van der Waals surface area (Å²) in [5.41, 5.74) is 2.00. The second kappa shape index (κ2) is 10.2. The van der Waals surface area contributed by atoms with Crippen molar-refractivity contribution in [2.75, 3.05) is 38.2 Å². The second-order valence-electron chi connectivity index (χ2n) is 9.38. The van der Waals surface area contributed by atoms with E-state index < -0.39 is 0 Å². The fraction of sp³-hybridized carbons (Fsp3) is 0.462. The molecule has 3 aromatic rings. The van der Waals surface area contributed by atoms with Crippen molar-refractivity contribution >= 4 is 17.9 Å². The number of anilines is 1. The third-order valence-corrected chi connectivity index (χ3v) is 7.63. The van der Waals surface area contributed by atoms with Crippen LogP contribution in [0.4, 0.5) is 5.69 Å². The molecule has 5 rings (SSSR count). The van der Waals surface area contributed by atoms with E-state index in [0.717, 1.165) is 73.3 Å². The molecule has 1 aromatic heterocycles. The van der Waals surface area contributed by atoms with E-state index in [4.69, 9.17) is 22.1 Å². The quantitative estimate of drug-likeness (QED) is 0.528. The van der Waals surface area contributed by atoms with Gasteiger partial charge in [-0.15, -0.1) is 5.10 Å². The Hall–Kier alpha value is -2.84. The summed E-state index contributed by atoms with van der Waals surface area (Å²) in [7, 11) is 1.69. The Morgan fingerprint density at radius 1 is 1.03 bits per heavy atom. The van der Waals surface area contributed by atoms with Gasteiger partial charge in [0.15, 0.2) is 12.5 Å². The van der Waals surface area contributed by atoms with Crippen LogP contribution in [0.25, 0.3) is 11.4 Å². The van der Waals surface area contributed by atoms with Gasteiger partial charge in [-0.1, -0.05) is 31.4 Å². The number of phenols is 1. The summed E-state index contributed by atoms with van der Waals surface area (Å²) < 4.78 is 10.5. The van der Waals surface area contributed by atoms with Gasteiger partial charge in [0, 0.05) is 11.6 Å². The maximum absolute atomic E-state index is 10.2. The predicted octanol–water partition coefficient (Wildman–Crippen LogP) is 3.66. The van der Waals surface area contributed by atoms with Crippen LogP contribution < -0.4 is 14.5 Å². The molecule has 2 aromatic carbocycles. The number of rotatable bonds is 6. The lowest BCUT2D eigenvalue weighted by molar-refractivity contribution is -0.924. The summed E-state index contributed by atoms with van der Waals surface area (Å²) in [5, 5.41) is 15.3. The van der Waals surface area contributed by atoms with Crippen molar-refractivity contribution in [3.05, 3.63) is 53.3 Å². The standard InChI is InChI=1S/C26H33N5O2S/c1-33-22-13-11-20(12-14-22)25-27-30(26(34)31(25)21-7-3-2-4-8-21)19-28-15-17-29(18-16-28)23-9-5-6-10-24(23)32/h5-6,9-14,21,32H,2-4,7-8,15-19H2,1H3/p+1. The van der Waals surface area contributed by atoms with E-state index in [1.807, 2.05) is 35.0 Å². The predicted molar refractivity (Wildman–Crippen MR) is 136 cm³/mol. The van der Waals surface area contributed by atoms with Crippen LogP contribution in [0.3, 0.4) is 0 Å². The van der Waals surface area contributed by atoms with Crippen molar-refractivity contribution in [3.63, 3.8) is 0 Å². The van der Waals surface area contributed by atoms with Gasteiger partial charge in [0.2, 0.25) is 4.77 Å². The zero-order valence-electron chi connectivity index (χ0n) is 19.8. The van der Waals surface area contributed by atoms with Crippen LogP contribution in [0, 0.1) is 4.77 Å². The first-order valence-electron chi connectivity index (χ1n) is 12.3. The van der Waals surface area contributed by atoms with Gasteiger partial charge < -0.3 is 19.6 Å². The molecule has 0 radical (unpaired) electrons. The average molecular weight is 481 g/mol. The first-order valence-corrected chi connectivity index (χ1v) is 12.7. The third-order valence-electron chi connectivity index (χ3n) is 7.22. The molecule has 2 N–H and O–H groups in total. The zero-order chi connectivity index (χ0) is 23.5. The SMILES string of the molecule is COc1ccc(-c2nn(C[NH+]3CCN(c4ccccc4O)CC3)c(=S)n2C2CCCCC2)cc1. The number of phenolic OH excluding ortho intramolecular Hbond substituents is 1. The van der Waals surface area contributed by atoms with Gasteiger partial charge in [0.05, 0.1) is 39.0 Å². The molecule has 1 aliphatic heterocycles. The molecule has 1 saturated carbocycles. The summed E-state index contributed by atoms with van der Waals surface area (Å²) in [5.74, 6) is 2.16. The molecule has 34 heavy (non-hydrogen) atoms. The largest absolute Gasteiger partial charge is 0.506 e. The number of piperazine rings is 1. The average Bonchev–Trinajstić information content (AvgIpc) is 3.21. The van der Waals surface area contributed by atoms with Crippen molar-refractivity contribution < 1.29 is 14.7 Å². The number of quaternary nitrogens is 1. The lowest BCUT2D eigenvalue weighted by Crippen LogP contribution is -3.14. The highest BCUT2D eigenvalue weighted by Gasteiger charge is 2.26. The van der Waals surface area contributed by atoms with E-state index in [1.165, 1.54) is 24.2 Å². The van der Waals surface area contributed by atoms with Crippen LogP contribution >= 0.6 is 12.2 Å². The Bertz CT molecular complexity index is 1160. The highest BCUT2D eigenvalue weighted by Crippen LogP contribution is 2.33. The summed E-state index contributed by atoms with van der Waals surface area (Å²) in [6, 6.07) is 16.2. The lowest BCUT2D eigenvalue weighted by Gasteiger charge is -2.33. The van der Waals surface area contributed by atoms with Crippen LogP contribution in [0.1, 0.15) is 38.1 Å². The van der Waals surface area contributed by atoms with Crippen LogP contribution in [-0.4, -0.2) is 52.7 Å². The first-order chi connectivity index (χ1) is 16.6. The van der Waals surface area contributed by atoms with Gasteiger partial charge in [-0.25, -0.2) is 0 Å². The summed E-state index contributed by atoms with van der Waals surface area (Å²) in [6.07, 6.45) is 6.13. The minimum absolute atomic E-state index is 0.350. The van der Waals surface area contributed by atoms with Crippen molar-refractivity contribution in [2.24, 2.45) is 0 Å². The van der Waals surface area contributed by atoms with E-state index >= 15 is 0 Å². The maximum Gasteiger partial charge on any atom is 0.203 e. The summed E-state index contributed by atoms with van der Waals surface area (Å²) in [6.45, 7) is 4.51. The Kier molecular flexibility index (Phi) is 6.87. The number of aromatic hydroxyl groups is 1. The van der Waals surface area contributed by atoms with E-state index in [2.05, 4.69) is 21.6 Å². The molecule has 0 bridgehead atoms. The molecule has 0 spiro atoms. The monoisotopic (exact) mass is 480 g/mol. The molecule has 2 aliphatic rings. The van der Waals surface area contributed by atoms with Crippen molar-refractivity contribution in [2.45, 2.75) is 44.8 Å². The topological polar surface area (TPSA) is 59.9 Å². The molecule has 0 amide bonds. The molecule has 2 fully saturated rings. The number of benzene rings is 2. The molecule has 2 heterocycles. The Labute approximate surface area is 206 Å². The van der Waals surface area contributed by atoms with Gasteiger partial charge in [-0.3, -0.25) is 4.57 Å². The number of aromatic nitrogens is 3. The molecule has 7 nitrogen and oxygen atoms in total. The van der Waals surface area contributed by atoms with Gasteiger partial charge >= 0.3 is 0 Å². The highest BCUT2D eigenvalue weighted by atomic mass is 32.1. The van der Waals surface area contributed by atoms with Crippen LogP contribution in [0.15, 0.2) is 48.5 Å². The number of para-hydroxylation sites is 2. The van der Waals surface area contributed by atoms with Crippen molar-refractivity contribution in [3.8, 4) is 22.9 Å².